The third-order valence-corrected chi connectivity index (χ3v) is 3.77. The summed E-state index contributed by atoms with van der Waals surface area (Å²) in [5.41, 5.74) is 2.57. The Kier molecular flexibility index (Phi) is 5.46. The van der Waals surface area contributed by atoms with Crippen molar-refractivity contribution in [3.63, 3.8) is 0 Å². The lowest BCUT2D eigenvalue weighted by Crippen LogP contribution is -2.25. The van der Waals surface area contributed by atoms with Crippen LogP contribution in [0.2, 0.25) is 0 Å². The SMILES string of the molecule is CCC(C)c1cccc(C(C)CC)c1OC(C)(C)C. The second-order valence-electron chi connectivity index (χ2n) is 6.60. The van der Waals surface area contributed by atoms with Gasteiger partial charge in [-0.2, -0.15) is 0 Å². The summed E-state index contributed by atoms with van der Waals surface area (Å²) in [6.07, 6.45) is 2.29. The van der Waals surface area contributed by atoms with Crippen LogP contribution >= 0.6 is 0 Å². The van der Waals surface area contributed by atoms with E-state index >= 15 is 0 Å². The van der Waals surface area contributed by atoms with Crippen LogP contribution in [0.5, 0.6) is 5.75 Å². The average molecular weight is 262 g/mol. The molecule has 0 N–H and O–H groups in total. The maximum absolute atomic E-state index is 6.31. The average Bonchev–Trinajstić information content (AvgIpc) is 2.35. The fourth-order valence-corrected chi connectivity index (χ4v) is 2.21. The summed E-state index contributed by atoms with van der Waals surface area (Å²) in [6.45, 7) is 15.4. The highest BCUT2D eigenvalue weighted by molar-refractivity contribution is 5.45. The maximum atomic E-state index is 6.31. The minimum Gasteiger partial charge on any atom is -0.488 e. The van der Waals surface area contributed by atoms with E-state index in [4.69, 9.17) is 4.74 Å². The van der Waals surface area contributed by atoms with Crippen molar-refractivity contribution in [2.75, 3.05) is 0 Å². The van der Waals surface area contributed by atoms with Gasteiger partial charge < -0.3 is 4.74 Å². The van der Waals surface area contributed by atoms with Crippen LogP contribution in [0.15, 0.2) is 18.2 Å². The molecule has 19 heavy (non-hydrogen) atoms. The Morgan fingerprint density at radius 1 is 0.947 bits per heavy atom. The minimum absolute atomic E-state index is 0.147. The van der Waals surface area contributed by atoms with Crippen LogP contribution in [0.25, 0.3) is 0 Å². The Bertz CT molecular complexity index is 372. The maximum Gasteiger partial charge on any atom is 0.127 e. The second-order valence-corrected chi connectivity index (χ2v) is 6.60. The van der Waals surface area contributed by atoms with Gasteiger partial charge in [0, 0.05) is 0 Å². The summed E-state index contributed by atoms with van der Waals surface area (Å²) in [6, 6.07) is 6.63. The van der Waals surface area contributed by atoms with E-state index in [0.717, 1.165) is 18.6 Å². The number of hydrogen-bond donors (Lipinski definition) is 0. The lowest BCUT2D eigenvalue weighted by molar-refractivity contribution is 0.126. The van der Waals surface area contributed by atoms with E-state index in [1.165, 1.54) is 11.1 Å². The number of ether oxygens (including phenoxy) is 1. The Morgan fingerprint density at radius 2 is 1.37 bits per heavy atom. The summed E-state index contributed by atoms with van der Waals surface area (Å²) in [7, 11) is 0. The van der Waals surface area contributed by atoms with E-state index in [2.05, 4.69) is 66.7 Å². The molecule has 0 aliphatic carbocycles. The monoisotopic (exact) mass is 262 g/mol. The van der Waals surface area contributed by atoms with Crippen LogP contribution in [-0.2, 0) is 0 Å². The van der Waals surface area contributed by atoms with Gasteiger partial charge in [0.15, 0.2) is 0 Å². The van der Waals surface area contributed by atoms with Crippen LogP contribution in [0.1, 0.15) is 84.3 Å². The first-order valence-corrected chi connectivity index (χ1v) is 7.62. The molecule has 1 nitrogen and oxygen atoms in total. The van der Waals surface area contributed by atoms with Crippen molar-refractivity contribution in [1.82, 2.24) is 0 Å². The van der Waals surface area contributed by atoms with Gasteiger partial charge in [-0.1, -0.05) is 45.9 Å². The molecule has 2 unspecified atom stereocenters. The van der Waals surface area contributed by atoms with Gasteiger partial charge in [-0.3, -0.25) is 0 Å². The van der Waals surface area contributed by atoms with Crippen LogP contribution in [-0.4, -0.2) is 5.60 Å². The first kappa shape index (κ1) is 16.1. The largest absolute Gasteiger partial charge is 0.488 e. The van der Waals surface area contributed by atoms with Crippen molar-refractivity contribution < 1.29 is 4.74 Å². The number of para-hydroxylation sites is 1. The van der Waals surface area contributed by atoms with Crippen molar-refractivity contribution in [3.05, 3.63) is 29.3 Å². The standard InChI is InChI=1S/C18H30O/c1-8-13(3)15-11-10-12-16(14(4)9-2)17(15)19-18(5,6)7/h10-14H,8-9H2,1-7H3. The van der Waals surface area contributed by atoms with Gasteiger partial charge in [0.05, 0.1) is 0 Å². The molecule has 1 aromatic carbocycles. The zero-order valence-corrected chi connectivity index (χ0v) is 13.7. The van der Waals surface area contributed by atoms with Gasteiger partial charge in [0.1, 0.15) is 11.4 Å². The highest BCUT2D eigenvalue weighted by Crippen LogP contribution is 2.38. The molecule has 0 radical (unpaired) electrons. The smallest absolute Gasteiger partial charge is 0.127 e. The summed E-state index contributed by atoms with van der Waals surface area (Å²) < 4.78 is 6.31. The Morgan fingerprint density at radius 3 is 1.68 bits per heavy atom. The van der Waals surface area contributed by atoms with E-state index < -0.39 is 0 Å². The quantitative estimate of drug-likeness (QED) is 0.642. The molecular formula is C18H30O. The molecule has 0 spiro atoms. The van der Waals surface area contributed by atoms with Crippen molar-refractivity contribution in [3.8, 4) is 5.75 Å². The summed E-state index contributed by atoms with van der Waals surface area (Å²) in [4.78, 5) is 0. The Hall–Kier alpha value is -0.980. The molecule has 2 atom stereocenters. The minimum atomic E-state index is -0.147. The molecule has 1 heteroatoms. The summed E-state index contributed by atoms with van der Waals surface area (Å²) in [5, 5.41) is 0. The number of hydrogen-bond acceptors (Lipinski definition) is 1. The molecule has 0 fully saturated rings. The second kappa shape index (κ2) is 6.45. The highest BCUT2D eigenvalue weighted by Gasteiger charge is 2.22. The van der Waals surface area contributed by atoms with Gasteiger partial charge in [-0.25, -0.2) is 0 Å². The van der Waals surface area contributed by atoms with Gasteiger partial charge in [-0.15, -0.1) is 0 Å². The van der Waals surface area contributed by atoms with Crippen LogP contribution < -0.4 is 4.74 Å². The Balaban J connectivity index is 3.31. The van der Waals surface area contributed by atoms with E-state index in [1.54, 1.807) is 0 Å². The molecule has 108 valence electrons. The molecule has 0 aliphatic heterocycles. The van der Waals surface area contributed by atoms with E-state index in [9.17, 15) is 0 Å². The number of rotatable bonds is 5. The fraction of sp³-hybridized carbons (Fsp3) is 0.667. The molecule has 0 amide bonds. The third kappa shape index (κ3) is 4.26. The van der Waals surface area contributed by atoms with Crippen molar-refractivity contribution in [1.29, 1.82) is 0 Å². The first-order chi connectivity index (χ1) is 8.80. The van der Waals surface area contributed by atoms with Crippen molar-refractivity contribution >= 4 is 0 Å². The molecule has 0 saturated carbocycles. The first-order valence-electron chi connectivity index (χ1n) is 7.62. The zero-order chi connectivity index (χ0) is 14.6. The van der Waals surface area contributed by atoms with Crippen molar-refractivity contribution in [2.24, 2.45) is 0 Å². The van der Waals surface area contributed by atoms with Crippen LogP contribution in [0.4, 0.5) is 0 Å². The highest BCUT2D eigenvalue weighted by atomic mass is 16.5. The third-order valence-electron chi connectivity index (χ3n) is 3.77. The molecule has 1 rings (SSSR count). The lowest BCUT2D eigenvalue weighted by Gasteiger charge is -2.28. The van der Waals surface area contributed by atoms with E-state index in [0.29, 0.717) is 11.8 Å². The zero-order valence-electron chi connectivity index (χ0n) is 13.7. The molecule has 0 saturated heterocycles. The molecule has 0 aromatic heterocycles. The fourth-order valence-electron chi connectivity index (χ4n) is 2.21. The predicted molar refractivity (Wildman–Crippen MR) is 84.2 cm³/mol. The topological polar surface area (TPSA) is 9.23 Å². The van der Waals surface area contributed by atoms with Crippen LogP contribution in [0, 0.1) is 0 Å². The molecule has 0 aliphatic rings. The Labute approximate surface area is 119 Å². The molecule has 0 bridgehead atoms. The predicted octanol–water partition coefficient (Wildman–Crippen LogP) is 5.89. The molecular weight excluding hydrogens is 232 g/mol. The van der Waals surface area contributed by atoms with Gasteiger partial charge in [0.2, 0.25) is 0 Å². The van der Waals surface area contributed by atoms with Gasteiger partial charge in [-0.05, 0) is 56.6 Å². The normalized spacial score (nSPS) is 15.1. The molecule has 0 heterocycles. The van der Waals surface area contributed by atoms with Crippen LogP contribution in [0.3, 0.4) is 0 Å². The summed E-state index contributed by atoms with van der Waals surface area (Å²) >= 11 is 0. The number of benzene rings is 1. The van der Waals surface area contributed by atoms with E-state index in [1.807, 2.05) is 0 Å². The van der Waals surface area contributed by atoms with Crippen molar-refractivity contribution in [2.45, 2.75) is 78.7 Å². The summed E-state index contributed by atoms with van der Waals surface area (Å²) in [5.74, 6) is 2.21. The van der Waals surface area contributed by atoms with Gasteiger partial charge in [0.25, 0.3) is 0 Å². The van der Waals surface area contributed by atoms with E-state index in [-0.39, 0.29) is 5.60 Å². The molecule has 1 aromatic rings. The van der Waals surface area contributed by atoms with Gasteiger partial charge >= 0.3 is 0 Å². The lowest BCUT2D eigenvalue weighted by atomic mass is 9.90.